The van der Waals surface area contributed by atoms with Crippen LogP contribution < -0.4 is 0 Å². The summed E-state index contributed by atoms with van der Waals surface area (Å²) < 4.78 is 0. The maximum Gasteiger partial charge on any atom is 0.226 e. The molecule has 0 atom stereocenters. The molecule has 0 saturated carbocycles. The first-order valence-corrected chi connectivity index (χ1v) is 11.2. The monoisotopic (exact) mass is 447 g/mol. The van der Waals surface area contributed by atoms with E-state index < -0.39 is 0 Å². The van der Waals surface area contributed by atoms with E-state index in [-0.39, 0.29) is 5.28 Å². The molecule has 0 radical (unpaired) electrons. The molecule has 4 aromatic carbocycles. The third-order valence-electron chi connectivity index (χ3n) is 5.76. The van der Waals surface area contributed by atoms with Gasteiger partial charge in [0.15, 0.2) is 11.6 Å². The molecule has 0 saturated heterocycles. The van der Waals surface area contributed by atoms with Gasteiger partial charge in [0.05, 0.1) is 0 Å². The van der Waals surface area contributed by atoms with Crippen molar-refractivity contribution in [3.05, 3.63) is 113 Å². The third-order valence-corrected chi connectivity index (χ3v) is 5.92. The number of rotatable bonds is 4. The summed E-state index contributed by atoms with van der Waals surface area (Å²) in [6, 6.07) is 33.1. The zero-order chi connectivity index (χ0) is 22.8. The van der Waals surface area contributed by atoms with Crippen LogP contribution in [0.25, 0.3) is 45.0 Å². The maximum absolute atomic E-state index is 6.33. The topological polar surface area (TPSA) is 38.7 Å². The Balaban J connectivity index is 1.54. The predicted octanol–water partition coefficient (Wildman–Crippen LogP) is 7.81. The largest absolute Gasteiger partial charge is 0.226 e. The van der Waals surface area contributed by atoms with Gasteiger partial charge in [-0.15, -0.1) is 0 Å². The van der Waals surface area contributed by atoms with Gasteiger partial charge in [0.25, 0.3) is 0 Å². The molecular weight excluding hydrogens is 426 g/mol. The van der Waals surface area contributed by atoms with Crippen LogP contribution in [-0.4, -0.2) is 15.0 Å². The van der Waals surface area contributed by atoms with Crippen LogP contribution in [0.4, 0.5) is 0 Å². The Kier molecular flexibility index (Phi) is 5.72. The number of aromatic nitrogens is 3. The SMILES string of the molecule is Cc1ccccc1-c1ccc(-c2nc(Cl)nc(-c3cccc(-c4ccccc4)c3)n2)cc1C. The molecule has 1 aromatic heterocycles. The summed E-state index contributed by atoms with van der Waals surface area (Å²) in [7, 11) is 0. The molecule has 0 aliphatic rings. The molecule has 0 amide bonds. The highest BCUT2D eigenvalue weighted by atomic mass is 35.5. The van der Waals surface area contributed by atoms with Crippen LogP contribution in [0.5, 0.6) is 0 Å². The molecule has 160 valence electrons. The summed E-state index contributed by atoms with van der Waals surface area (Å²) in [5.74, 6) is 1.12. The second-order valence-electron chi connectivity index (χ2n) is 8.04. The summed E-state index contributed by atoms with van der Waals surface area (Å²) in [6.45, 7) is 4.24. The van der Waals surface area contributed by atoms with Crippen molar-refractivity contribution in [2.24, 2.45) is 0 Å². The van der Waals surface area contributed by atoms with Crippen molar-refractivity contribution in [3.63, 3.8) is 0 Å². The van der Waals surface area contributed by atoms with Gasteiger partial charge in [0.2, 0.25) is 5.28 Å². The average molecular weight is 448 g/mol. The summed E-state index contributed by atoms with van der Waals surface area (Å²) in [4.78, 5) is 13.6. The summed E-state index contributed by atoms with van der Waals surface area (Å²) >= 11 is 6.33. The van der Waals surface area contributed by atoms with Crippen molar-refractivity contribution in [1.82, 2.24) is 15.0 Å². The maximum atomic E-state index is 6.33. The van der Waals surface area contributed by atoms with Gasteiger partial charge in [-0.2, -0.15) is 9.97 Å². The average Bonchev–Trinajstić information content (AvgIpc) is 2.85. The molecule has 4 heteroatoms. The highest BCUT2D eigenvalue weighted by Gasteiger charge is 2.12. The van der Waals surface area contributed by atoms with E-state index in [0.29, 0.717) is 11.6 Å². The normalized spacial score (nSPS) is 10.9. The molecule has 5 aromatic rings. The smallest absolute Gasteiger partial charge is 0.208 e. The van der Waals surface area contributed by atoms with Gasteiger partial charge in [-0.3, -0.25) is 0 Å². The fourth-order valence-corrected chi connectivity index (χ4v) is 4.22. The molecule has 33 heavy (non-hydrogen) atoms. The zero-order valence-corrected chi connectivity index (χ0v) is 19.2. The van der Waals surface area contributed by atoms with Gasteiger partial charge >= 0.3 is 0 Å². The lowest BCUT2D eigenvalue weighted by atomic mass is 9.95. The lowest BCUT2D eigenvalue weighted by Crippen LogP contribution is -1.98. The van der Waals surface area contributed by atoms with Gasteiger partial charge in [-0.1, -0.05) is 84.9 Å². The number of nitrogens with zero attached hydrogens (tertiary/aromatic N) is 3. The minimum Gasteiger partial charge on any atom is -0.208 e. The number of hydrogen-bond acceptors (Lipinski definition) is 3. The van der Waals surface area contributed by atoms with Crippen LogP contribution in [0.3, 0.4) is 0 Å². The van der Waals surface area contributed by atoms with E-state index in [1.54, 1.807) is 0 Å². The summed E-state index contributed by atoms with van der Waals surface area (Å²) in [6.07, 6.45) is 0. The van der Waals surface area contributed by atoms with Gasteiger partial charge in [0.1, 0.15) is 0 Å². The molecule has 0 aliphatic carbocycles. The Bertz CT molecular complexity index is 1440. The Morgan fingerprint density at radius 1 is 0.485 bits per heavy atom. The highest BCUT2D eigenvalue weighted by molar-refractivity contribution is 6.28. The van der Waals surface area contributed by atoms with E-state index in [2.05, 4.69) is 84.5 Å². The second kappa shape index (κ2) is 8.97. The molecule has 0 bridgehead atoms. The van der Waals surface area contributed by atoms with Gasteiger partial charge < -0.3 is 0 Å². The predicted molar refractivity (Wildman–Crippen MR) is 136 cm³/mol. The molecule has 0 aliphatic heterocycles. The number of aryl methyl sites for hydroxylation is 2. The molecule has 0 fully saturated rings. The van der Waals surface area contributed by atoms with Crippen LogP contribution in [-0.2, 0) is 0 Å². The number of hydrogen-bond donors (Lipinski definition) is 0. The first kappa shape index (κ1) is 21.0. The van der Waals surface area contributed by atoms with Gasteiger partial charge in [-0.05, 0) is 71.0 Å². The first-order chi connectivity index (χ1) is 16.1. The molecular formula is C29H22ClN3. The van der Waals surface area contributed by atoms with Gasteiger partial charge in [0, 0.05) is 11.1 Å². The Morgan fingerprint density at radius 2 is 1.09 bits per heavy atom. The number of halogens is 1. The lowest BCUT2D eigenvalue weighted by molar-refractivity contribution is 1.07. The van der Waals surface area contributed by atoms with Crippen molar-refractivity contribution >= 4 is 11.6 Å². The second-order valence-corrected chi connectivity index (χ2v) is 8.38. The van der Waals surface area contributed by atoms with Crippen molar-refractivity contribution in [2.75, 3.05) is 0 Å². The van der Waals surface area contributed by atoms with Crippen molar-refractivity contribution < 1.29 is 0 Å². The fourth-order valence-electron chi connectivity index (χ4n) is 4.06. The zero-order valence-electron chi connectivity index (χ0n) is 18.5. The standard InChI is InChI=1S/C29H22ClN3/c1-19-9-6-7-14-25(19)26-16-15-24(17-20(26)2)28-31-27(32-29(30)33-28)23-13-8-12-22(18-23)21-10-4-3-5-11-21/h3-18H,1-2H3. The van der Waals surface area contributed by atoms with Crippen LogP contribution in [0.1, 0.15) is 11.1 Å². The van der Waals surface area contributed by atoms with E-state index in [0.717, 1.165) is 27.8 Å². The third kappa shape index (κ3) is 4.41. The van der Waals surface area contributed by atoms with E-state index in [1.807, 2.05) is 36.4 Å². The highest BCUT2D eigenvalue weighted by Crippen LogP contribution is 2.31. The summed E-state index contributed by atoms with van der Waals surface area (Å²) in [5.41, 5.74) is 8.89. The fraction of sp³-hybridized carbons (Fsp3) is 0.0690. The lowest BCUT2D eigenvalue weighted by Gasteiger charge is -2.11. The quantitative estimate of drug-likeness (QED) is 0.282. The van der Waals surface area contributed by atoms with Crippen LogP contribution in [0.2, 0.25) is 5.28 Å². The Labute approximate surface area is 198 Å². The summed E-state index contributed by atoms with van der Waals surface area (Å²) in [5, 5.41) is 0.181. The minimum absolute atomic E-state index is 0.181. The first-order valence-electron chi connectivity index (χ1n) is 10.8. The number of benzene rings is 4. The van der Waals surface area contributed by atoms with Crippen molar-refractivity contribution in [3.8, 4) is 45.0 Å². The van der Waals surface area contributed by atoms with Gasteiger partial charge in [-0.25, -0.2) is 4.98 Å². The van der Waals surface area contributed by atoms with Crippen LogP contribution in [0, 0.1) is 13.8 Å². The van der Waals surface area contributed by atoms with Crippen molar-refractivity contribution in [1.29, 1.82) is 0 Å². The van der Waals surface area contributed by atoms with Crippen LogP contribution in [0.15, 0.2) is 97.1 Å². The van der Waals surface area contributed by atoms with Crippen molar-refractivity contribution in [2.45, 2.75) is 13.8 Å². The van der Waals surface area contributed by atoms with E-state index in [4.69, 9.17) is 16.6 Å². The molecule has 0 spiro atoms. The molecule has 5 rings (SSSR count). The molecule has 3 nitrogen and oxygen atoms in total. The van der Waals surface area contributed by atoms with E-state index in [9.17, 15) is 0 Å². The Morgan fingerprint density at radius 3 is 1.82 bits per heavy atom. The minimum atomic E-state index is 0.181. The van der Waals surface area contributed by atoms with Crippen LogP contribution >= 0.6 is 11.6 Å². The van der Waals surface area contributed by atoms with E-state index in [1.165, 1.54) is 16.7 Å². The molecule has 1 heterocycles. The molecule has 0 N–H and O–H groups in total. The Hall–Kier alpha value is -3.82. The van der Waals surface area contributed by atoms with E-state index >= 15 is 0 Å². The molecule has 0 unspecified atom stereocenters.